The van der Waals surface area contributed by atoms with E-state index in [2.05, 4.69) is 4.98 Å². The molecule has 0 aromatic carbocycles. The van der Waals surface area contributed by atoms with Gasteiger partial charge in [-0.05, 0) is 28.7 Å². The second-order valence-electron chi connectivity index (χ2n) is 3.24. The summed E-state index contributed by atoms with van der Waals surface area (Å²) >= 11 is 1.31. The van der Waals surface area contributed by atoms with Gasteiger partial charge in [0.2, 0.25) is 0 Å². The van der Waals surface area contributed by atoms with Crippen LogP contribution in [0.3, 0.4) is 0 Å². The zero-order valence-corrected chi connectivity index (χ0v) is 10.6. The summed E-state index contributed by atoms with van der Waals surface area (Å²) in [5.41, 5.74) is -2.81. The third kappa shape index (κ3) is 3.50. The van der Waals surface area contributed by atoms with Gasteiger partial charge < -0.3 is 5.11 Å². The Morgan fingerprint density at radius 3 is 2.39 bits per heavy atom. The van der Waals surface area contributed by atoms with Crippen LogP contribution in [0.25, 0.3) is 0 Å². The minimum Gasteiger partial charge on any atom is -0.481 e. The summed E-state index contributed by atoms with van der Waals surface area (Å²) in [5.74, 6) is -1.42. The van der Waals surface area contributed by atoms with Gasteiger partial charge in [0.25, 0.3) is 6.43 Å². The molecule has 100 valence electrons. The average Bonchev–Trinajstić information content (AvgIpc) is 2.17. The van der Waals surface area contributed by atoms with Crippen LogP contribution >= 0.6 is 22.6 Å². The first-order valence-corrected chi connectivity index (χ1v) is 5.47. The van der Waals surface area contributed by atoms with E-state index in [1.165, 1.54) is 22.6 Å². The van der Waals surface area contributed by atoms with Gasteiger partial charge in [-0.1, -0.05) is 0 Å². The highest BCUT2D eigenvalue weighted by atomic mass is 127. The van der Waals surface area contributed by atoms with Crippen LogP contribution in [-0.2, 0) is 17.4 Å². The van der Waals surface area contributed by atoms with Crippen LogP contribution in [0.1, 0.15) is 23.2 Å². The zero-order chi connectivity index (χ0) is 14.1. The standard InChI is InChI=1S/C9H5F5INO2/c10-7(11)3-1-5(9(12,13)14)16-8(15)4(3)2-6(17)18/h1,7H,2H2,(H,17,18). The topological polar surface area (TPSA) is 50.2 Å². The molecular weight excluding hydrogens is 376 g/mol. The number of rotatable bonds is 3. The molecule has 18 heavy (non-hydrogen) atoms. The quantitative estimate of drug-likeness (QED) is 0.497. The Hall–Kier alpha value is -1.00. The fourth-order valence-corrected chi connectivity index (χ4v) is 1.99. The first-order valence-electron chi connectivity index (χ1n) is 4.39. The number of pyridine rings is 1. The van der Waals surface area contributed by atoms with Crippen LogP contribution in [0, 0.1) is 3.70 Å². The number of nitrogens with zero attached hydrogens (tertiary/aromatic N) is 1. The smallest absolute Gasteiger partial charge is 0.433 e. The molecule has 1 aromatic heterocycles. The van der Waals surface area contributed by atoms with Crippen molar-refractivity contribution in [2.24, 2.45) is 0 Å². The lowest BCUT2D eigenvalue weighted by atomic mass is 10.1. The third-order valence-corrected chi connectivity index (χ3v) is 2.85. The maximum atomic E-state index is 12.6. The van der Waals surface area contributed by atoms with Crippen LogP contribution in [0.4, 0.5) is 22.0 Å². The van der Waals surface area contributed by atoms with Crippen LogP contribution < -0.4 is 0 Å². The fourth-order valence-electron chi connectivity index (χ4n) is 1.23. The molecule has 0 unspecified atom stereocenters. The van der Waals surface area contributed by atoms with Crippen molar-refractivity contribution in [3.63, 3.8) is 0 Å². The van der Waals surface area contributed by atoms with Crippen molar-refractivity contribution in [1.29, 1.82) is 0 Å². The Morgan fingerprint density at radius 1 is 1.44 bits per heavy atom. The summed E-state index contributed by atoms with van der Waals surface area (Å²) in [4.78, 5) is 13.6. The van der Waals surface area contributed by atoms with Crippen LogP contribution in [-0.4, -0.2) is 16.1 Å². The molecule has 0 saturated carbocycles. The van der Waals surface area contributed by atoms with E-state index in [1.54, 1.807) is 0 Å². The summed E-state index contributed by atoms with van der Waals surface area (Å²) < 4.78 is 62.0. The molecule has 0 amide bonds. The number of carboxylic acids is 1. The second kappa shape index (κ2) is 5.33. The Kier molecular flexibility index (Phi) is 4.46. The second-order valence-corrected chi connectivity index (χ2v) is 4.26. The van der Waals surface area contributed by atoms with Crippen molar-refractivity contribution in [2.45, 2.75) is 19.0 Å². The van der Waals surface area contributed by atoms with Gasteiger partial charge in [0.1, 0.15) is 9.39 Å². The lowest BCUT2D eigenvalue weighted by Gasteiger charge is -2.13. The van der Waals surface area contributed by atoms with E-state index in [-0.39, 0.29) is 9.77 Å². The van der Waals surface area contributed by atoms with Gasteiger partial charge in [-0.15, -0.1) is 0 Å². The number of carboxylic acid groups (broad SMARTS) is 1. The van der Waals surface area contributed by atoms with Gasteiger partial charge in [0, 0.05) is 11.1 Å². The highest BCUT2D eigenvalue weighted by Crippen LogP contribution is 2.34. The molecule has 0 radical (unpaired) electrons. The lowest BCUT2D eigenvalue weighted by Crippen LogP contribution is -2.14. The van der Waals surface area contributed by atoms with Crippen LogP contribution in [0.2, 0.25) is 0 Å². The largest absolute Gasteiger partial charge is 0.481 e. The number of alkyl halides is 5. The first-order chi connectivity index (χ1) is 8.12. The van der Waals surface area contributed by atoms with E-state index in [1.807, 2.05) is 0 Å². The molecule has 0 fully saturated rings. The summed E-state index contributed by atoms with van der Waals surface area (Å²) in [5, 5.41) is 8.53. The number of hydrogen-bond donors (Lipinski definition) is 1. The number of hydrogen-bond acceptors (Lipinski definition) is 2. The van der Waals surface area contributed by atoms with Crippen molar-refractivity contribution in [3.05, 3.63) is 26.6 Å². The minimum atomic E-state index is -4.86. The monoisotopic (exact) mass is 381 g/mol. The van der Waals surface area contributed by atoms with Gasteiger partial charge in [0.15, 0.2) is 0 Å². The van der Waals surface area contributed by atoms with Gasteiger partial charge in [0.05, 0.1) is 6.42 Å². The van der Waals surface area contributed by atoms with E-state index >= 15 is 0 Å². The highest BCUT2D eigenvalue weighted by molar-refractivity contribution is 14.1. The van der Waals surface area contributed by atoms with Crippen molar-refractivity contribution in [2.75, 3.05) is 0 Å². The summed E-state index contributed by atoms with van der Waals surface area (Å²) in [6.07, 6.45) is -8.86. The molecule has 0 aliphatic carbocycles. The highest BCUT2D eigenvalue weighted by Gasteiger charge is 2.35. The SMILES string of the molecule is O=C(O)Cc1c(C(F)F)cc(C(F)(F)F)nc1I. The fraction of sp³-hybridized carbons (Fsp3) is 0.333. The molecule has 1 rings (SSSR count). The maximum absolute atomic E-state index is 12.6. The number of aliphatic carboxylic acids is 1. The van der Waals surface area contributed by atoms with Gasteiger partial charge in [-0.3, -0.25) is 4.79 Å². The molecule has 1 N–H and O–H groups in total. The predicted octanol–water partition coefficient (Wildman–Crippen LogP) is 3.27. The van der Waals surface area contributed by atoms with Crippen molar-refractivity contribution in [3.8, 4) is 0 Å². The van der Waals surface area contributed by atoms with Gasteiger partial charge >= 0.3 is 12.1 Å². The van der Waals surface area contributed by atoms with E-state index in [0.29, 0.717) is 0 Å². The normalized spacial score (nSPS) is 11.9. The maximum Gasteiger partial charge on any atom is 0.433 e. The molecule has 0 aliphatic heterocycles. The van der Waals surface area contributed by atoms with Crippen molar-refractivity contribution >= 4 is 28.6 Å². The van der Waals surface area contributed by atoms with E-state index in [9.17, 15) is 26.7 Å². The average molecular weight is 381 g/mol. The molecule has 3 nitrogen and oxygen atoms in total. The van der Waals surface area contributed by atoms with Gasteiger partial charge in [-0.2, -0.15) is 13.2 Å². The molecule has 1 heterocycles. The molecule has 0 aliphatic rings. The Labute approximate surface area is 111 Å². The summed E-state index contributed by atoms with van der Waals surface area (Å²) in [7, 11) is 0. The Balaban J connectivity index is 3.40. The summed E-state index contributed by atoms with van der Waals surface area (Å²) in [6, 6.07) is 0.186. The minimum absolute atomic E-state index is 0.186. The summed E-state index contributed by atoms with van der Waals surface area (Å²) in [6.45, 7) is 0. The Bertz CT molecular complexity index is 475. The molecule has 0 atom stereocenters. The zero-order valence-electron chi connectivity index (χ0n) is 8.43. The van der Waals surface area contributed by atoms with E-state index in [0.717, 1.165) is 0 Å². The Morgan fingerprint density at radius 2 is 2.00 bits per heavy atom. The third-order valence-electron chi connectivity index (χ3n) is 1.96. The van der Waals surface area contributed by atoms with Gasteiger partial charge in [-0.25, -0.2) is 13.8 Å². The van der Waals surface area contributed by atoms with Crippen molar-refractivity contribution < 1.29 is 31.9 Å². The van der Waals surface area contributed by atoms with Crippen LogP contribution in [0.5, 0.6) is 0 Å². The molecule has 0 spiro atoms. The lowest BCUT2D eigenvalue weighted by molar-refractivity contribution is -0.141. The predicted molar refractivity (Wildman–Crippen MR) is 58.3 cm³/mol. The van der Waals surface area contributed by atoms with Crippen molar-refractivity contribution in [1.82, 2.24) is 4.98 Å². The molecule has 9 heteroatoms. The molecule has 0 saturated heterocycles. The molecular formula is C9H5F5INO2. The molecule has 0 bridgehead atoms. The van der Waals surface area contributed by atoms with E-state index < -0.39 is 41.8 Å². The first kappa shape index (κ1) is 15.1. The van der Waals surface area contributed by atoms with Crippen LogP contribution in [0.15, 0.2) is 6.07 Å². The number of aromatic nitrogens is 1. The number of carbonyl (C=O) groups is 1. The molecule has 1 aromatic rings. The van der Waals surface area contributed by atoms with E-state index in [4.69, 9.17) is 5.11 Å². The number of halogens is 6.